The molecule has 0 saturated carbocycles. The van der Waals surface area contributed by atoms with E-state index >= 15 is 0 Å². The van der Waals surface area contributed by atoms with Crippen LogP contribution in [0.2, 0.25) is 0 Å². The first kappa shape index (κ1) is 13.1. The van der Waals surface area contributed by atoms with Gasteiger partial charge in [-0.25, -0.2) is 0 Å². The Balaban J connectivity index is 1.80. The van der Waals surface area contributed by atoms with Crippen molar-refractivity contribution < 1.29 is 4.74 Å². The van der Waals surface area contributed by atoms with Crippen molar-refractivity contribution in [3.05, 3.63) is 11.6 Å². The van der Waals surface area contributed by atoms with Crippen LogP contribution >= 0.6 is 0 Å². The van der Waals surface area contributed by atoms with E-state index in [0.717, 1.165) is 37.5 Å². The molecule has 0 aromatic carbocycles. The Bertz CT molecular complexity index is 268. The molecule has 1 heterocycles. The molecule has 0 aromatic heterocycles. The number of nitrogens with one attached hydrogen (secondary N) is 1. The molecule has 0 amide bonds. The van der Waals surface area contributed by atoms with E-state index in [4.69, 9.17) is 4.74 Å². The summed E-state index contributed by atoms with van der Waals surface area (Å²) in [6, 6.07) is 0.597. The molecule has 2 nitrogen and oxygen atoms in total. The van der Waals surface area contributed by atoms with Gasteiger partial charge in [0, 0.05) is 19.2 Å². The van der Waals surface area contributed by atoms with E-state index in [0.29, 0.717) is 6.04 Å². The molecule has 2 heteroatoms. The molecule has 4 atom stereocenters. The second-order valence-corrected chi connectivity index (χ2v) is 5.93. The van der Waals surface area contributed by atoms with Crippen molar-refractivity contribution in [3.8, 4) is 0 Å². The fourth-order valence-corrected chi connectivity index (χ4v) is 3.16. The number of rotatable bonds is 4. The van der Waals surface area contributed by atoms with Crippen molar-refractivity contribution in [2.24, 2.45) is 17.8 Å². The van der Waals surface area contributed by atoms with Gasteiger partial charge in [-0.05, 0) is 50.9 Å². The normalized spacial score (nSPS) is 35.7. The van der Waals surface area contributed by atoms with Crippen LogP contribution in [0.15, 0.2) is 11.6 Å². The Hall–Kier alpha value is -0.340. The van der Waals surface area contributed by atoms with Crippen LogP contribution in [0.3, 0.4) is 0 Å². The van der Waals surface area contributed by atoms with E-state index in [1.165, 1.54) is 19.3 Å². The molecular weight excluding hydrogens is 210 g/mol. The standard InChI is InChI=1S/C15H27NO/c1-11-5-4-6-12(2)15(11)9-16-13(3)14-7-8-17-10-14/h5,12-16H,4,6-10H2,1-3H3/t12-,13+,14+,15+/m0/s1. The molecule has 1 aliphatic carbocycles. The van der Waals surface area contributed by atoms with Gasteiger partial charge < -0.3 is 10.1 Å². The van der Waals surface area contributed by atoms with Crippen molar-refractivity contribution in [2.75, 3.05) is 19.8 Å². The van der Waals surface area contributed by atoms with Gasteiger partial charge in [0.25, 0.3) is 0 Å². The van der Waals surface area contributed by atoms with Crippen LogP contribution in [0.25, 0.3) is 0 Å². The Morgan fingerprint density at radius 2 is 2.29 bits per heavy atom. The average Bonchev–Trinajstić information content (AvgIpc) is 2.81. The first-order chi connectivity index (χ1) is 8.18. The Labute approximate surface area is 106 Å². The highest BCUT2D eigenvalue weighted by atomic mass is 16.5. The third-order valence-corrected chi connectivity index (χ3v) is 4.69. The molecule has 1 N–H and O–H groups in total. The van der Waals surface area contributed by atoms with Crippen molar-refractivity contribution >= 4 is 0 Å². The zero-order valence-corrected chi connectivity index (χ0v) is 11.5. The Kier molecular flexibility index (Phi) is 4.63. The van der Waals surface area contributed by atoms with E-state index in [9.17, 15) is 0 Å². The van der Waals surface area contributed by atoms with Crippen molar-refractivity contribution in [3.63, 3.8) is 0 Å². The monoisotopic (exact) mass is 237 g/mol. The highest BCUT2D eigenvalue weighted by Crippen LogP contribution is 2.29. The van der Waals surface area contributed by atoms with Gasteiger partial charge in [-0.3, -0.25) is 0 Å². The minimum atomic E-state index is 0.597. The van der Waals surface area contributed by atoms with Crippen molar-refractivity contribution in [1.29, 1.82) is 0 Å². The van der Waals surface area contributed by atoms with E-state index < -0.39 is 0 Å². The lowest BCUT2D eigenvalue weighted by Gasteiger charge is -2.31. The summed E-state index contributed by atoms with van der Waals surface area (Å²) < 4.78 is 5.46. The molecule has 1 saturated heterocycles. The molecule has 98 valence electrons. The first-order valence-electron chi connectivity index (χ1n) is 7.16. The molecule has 2 rings (SSSR count). The van der Waals surface area contributed by atoms with Gasteiger partial charge in [0.15, 0.2) is 0 Å². The largest absolute Gasteiger partial charge is 0.381 e. The van der Waals surface area contributed by atoms with E-state index in [2.05, 4.69) is 32.2 Å². The zero-order valence-electron chi connectivity index (χ0n) is 11.5. The third kappa shape index (κ3) is 3.32. The highest BCUT2D eigenvalue weighted by molar-refractivity contribution is 5.09. The van der Waals surface area contributed by atoms with Crippen LogP contribution in [0, 0.1) is 17.8 Å². The molecule has 17 heavy (non-hydrogen) atoms. The average molecular weight is 237 g/mol. The summed E-state index contributed by atoms with van der Waals surface area (Å²) in [4.78, 5) is 0. The maximum Gasteiger partial charge on any atom is 0.0509 e. The number of hydrogen-bond donors (Lipinski definition) is 1. The Morgan fingerprint density at radius 1 is 1.47 bits per heavy atom. The summed E-state index contributed by atoms with van der Waals surface area (Å²) in [6.07, 6.45) is 6.28. The maximum atomic E-state index is 5.46. The van der Waals surface area contributed by atoms with Crippen LogP contribution in [0.4, 0.5) is 0 Å². The summed E-state index contributed by atoms with van der Waals surface area (Å²) in [5, 5.41) is 3.73. The van der Waals surface area contributed by atoms with Crippen LogP contribution in [0.1, 0.15) is 40.0 Å². The summed E-state index contributed by atoms with van der Waals surface area (Å²) in [7, 11) is 0. The third-order valence-electron chi connectivity index (χ3n) is 4.69. The highest BCUT2D eigenvalue weighted by Gasteiger charge is 2.25. The van der Waals surface area contributed by atoms with Gasteiger partial charge in [-0.2, -0.15) is 0 Å². The lowest BCUT2D eigenvalue weighted by Crippen LogP contribution is -2.39. The van der Waals surface area contributed by atoms with Crippen LogP contribution in [-0.4, -0.2) is 25.8 Å². The smallest absolute Gasteiger partial charge is 0.0509 e. The fraction of sp³-hybridized carbons (Fsp3) is 0.867. The van der Waals surface area contributed by atoms with Crippen LogP contribution in [-0.2, 0) is 4.74 Å². The van der Waals surface area contributed by atoms with Gasteiger partial charge in [0.05, 0.1) is 6.61 Å². The molecule has 0 bridgehead atoms. The van der Waals surface area contributed by atoms with E-state index in [-0.39, 0.29) is 0 Å². The predicted octanol–water partition coefficient (Wildman–Crippen LogP) is 2.99. The summed E-state index contributed by atoms with van der Waals surface area (Å²) in [6.45, 7) is 10.0. The first-order valence-corrected chi connectivity index (χ1v) is 7.16. The second kappa shape index (κ2) is 6.01. The minimum absolute atomic E-state index is 0.597. The lowest BCUT2D eigenvalue weighted by molar-refractivity contribution is 0.177. The van der Waals surface area contributed by atoms with Gasteiger partial charge in [0.1, 0.15) is 0 Å². The van der Waals surface area contributed by atoms with Crippen LogP contribution < -0.4 is 5.32 Å². The fourth-order valence-electron chi connectivity index (χ4n) is 3.16. The Morgan fingerprint density at radius 3 is 2.94 bits per heavy atom. The van der Waals surface area contributed by atoms with Crippen molar-refractivity contribution in [2.45, 2.75) is 46.1 Å². The van der Waals surface area contributed by atoms with Gasteiger partial charge in [-0.15, -0.1) is 0 Å². The van der Waals surface area contributed by atoms with Crippen LogP contribution in [0.5, 0.6) is 0 Å². The number of allylic oxidation sites excluding steroid dienone is 1. The number of ether oxygens (including phenoxy) is 1. The number of hydrogen-bond acceptors (Lipinski definition) is 2. The molecule has 0 radical (unpaired) electrons. The molecule has 0 aromatic rings. The van der Waals surface area contributed by atoms with Gasteiger partial charge in [0.2, 0.25) is 0 Å². The lowest BCUT2D eigenvalue weighted by atomic mass is 9.80. The molecule has 0 spiro atoms. The quantitative estimate of drug-likeness (QED) is 0.759. The SMILES string of the molecule is CC1=CCC[C@H](C)[C@@H]1CN[C@H](C)[C@@H]1CCOC1. The zero-order chi connectivity index (χ0) is 12.3. The molecule has 2 aliphatic rings. The van der Waals surface area contributed by atoms with Gasteiger partial charge >= 0.3 is 0 Å². The molecule has 0 unspecified atom stereocenters. The second-order valence-electron chi connectivity index (χ2n) is 5.93. The molecule has 1 aliphatic heterocycles. The molecular formula is C15H27NO. The molecule has 1 fully saturated rings. The van der Waals surface area contributed by atoms with E-state index in [1.54, 1.807) is 5.57 Å². The predicted molar refractivity (Wildman–Crippen MR) is 72.0 cm³/mol. The topological polar surface area (TPSA) is 21.3 Å². The van der Waals surface area contributed by atoms with Crippen molar-refractivity contribution in [1.82, 2.24) is 5.32 Å². The summed E-state index contributed by atoms with van der Waals surface area (Å²) >= 11 is 0. The summed E-state index contributed by atoms with van der Waals surface area (Å²) in [5.41, 5.74) is 1.59. The van der Waals surface area contributed by atoms with Gasteiger partial charge in [-0.1, -0.05) is 18.6 Å². The maximum absolute atomic E-state index is 5.46. The van der Waals surface area contributed by atoms with E-state index in [1.807, 2.05) is 0 Å². The summed E-state index contributed by atoms with van der Waals surface area (Å²) in [5.74, 6) is 2.30. The minimum Gasteiger partial charge on any atom is -0.381 e.